The van der Waals surface area contributed by atoms with Crippen LogP contribution in [0.1, 0.15) is 16.8 Å². The lowest BCUT2D eigenvalue weighted by atomic mass is 10.1. The van der Waals surface area contributed by atoms with Crippen LogP contribution >= 0.6 is 15.9 Å². The Hall–Kier alpha value is -2.13. The largest absolute Gasteiger partial charge is 0.435 e. The van der Waals surface area contributed by atoms with Crippen molar-refractivity contribution in [2.45, 2.75) is 13.8 Å². The number of ether oxygens (including phenoxy) is 1. The monoisotopic (exact) mass is 318 g/mol. The van der Waals surface area contributed by atoms with E-state index in [2.05, 4.69) is 32.2 Å². The van der Waals surface area contributed by atoms with Gasteiger partial charge in [-0.2, -0.15) is 10.4 Å². The van der Waals surface area contributed by atoms with Gasteiger partial charge in [0, 0.05) is 11.8 Å². The van der Waals surface area contributed by atoms with Crippen LogP contribution in [0.3, 0.4) is 0 Å². The molecular formula is C13H11BrN4O. The SMILES string of the molecule is Cc1nnc(Oc2cc(N)ccc2Br)c(C#N)c1C. The minimum atomic E-state index is 0.178. The Labute approximate surface area is 119 Å². The highest BCUT2D eigenvalue weighted by atomic mass is 79.9. The Morgan fingerprint density at radius 1 is 1.32 bits per heavy atom. The summed E-state index contributed by atoms with van der Waals surface area (Å²) < 4.78 is 6.35. The number of benzene rings is 1. The smallest absolute Gasteiger partial charge is 0.257 e. The second-order valence-electron chi connectivity index (χ2n) is 3.99. The van der Waals surface area contributed by atoms with E-state index in [0.717, 1.165) is 10.0 Å². The van der Waals surface area contributed by atoms with E-state index >= 15 is 0 Å². The van der Waals surface area contributed by atoms with Crippen molar-refractivity contribution in [3.05, 3.63) is 39.5 Å². The third-order valence-electron chi connectivity index (χ3n) is 2.70. The van der Waals surface area contributed by atoms with E-state index < -0.39 is 0 Å². The molecule has 0 saturated carbocycles. The molecule has 19 heavy (non-hydrogen) atoms. The Kier molecular flexibility index (Phi) is 3.67. The normalized spacial score (nSPS) is 10.0. The van der Waals surface area contributed by atoms with Crippen LogP contribution in [0.5, 0.6) is 11.6 Å². The molecule has 1 aromatic heterocycles. The number of nitrogen functional groups attached to an aromatic ring is 1. The van der Waals surface area contributed by atoms with E-state index in [1.165, 1.54) is 0 Å². The number of rotatable bonds is 2. The average molecular weight is 319 g/mol. The van der Waals surface area contributed by atoms with Crippen LogP contribution in [0.15, 0.2) is 22.7 Å². The Bertz CT molecular complexity index is 679. The van der Waals surface area contributed by atoms with E-state index in [0.29, 0.717) is 22.7 Å². The van der Waals surface area contributed by atoms with Gasteiger partial charge in [-0.1, -0.05) is 0 Å². The van der Waals surface area contributed by atoms with Gasteiger partial charge in [-0.25, -0.2) is 0 Å². The van der Waals surface area contributed by atoms with Gasteiger partial charge in [0.25, 0.3) is 5.88 Å². The first-order valence-electron chi connectivity index (χ1n) is 5.49. The number of aromatic nitrogens is 2. The highest BCUT2D eigenvalue weighted by molar-refractivity contribution is 9.10. The van der Waals surface area contributed by atoms with Gasteiger partial charge in [0.1, 0.15) is 17.4 Å². The Morgan fingerprint density at radius 2 is 2.05 bits per heavy atom. The van der Waals surface area contributed by atoms with Gasteiger partial charge in [-0.15, -0.1) is 5.10 Å². The first-order chi connectivity index (χ1) is 9.02. The molecule has 0 aliphatic heterocycles. The van der Waals surface area contributed by atoms with Gasteiger partial charge in [0.05, 0.1) is 10.2 Å². The van der Waals surface area contributed by atoms with E-state index in [1.807, 2.05) is 6.92 Å². The van der Waals surface area contributed by atoms with E-state index in [9.17, 15) is 5.26 Å². The summed E-state index contributed by atoms with van der Waals surface area (Å²) in [6.07, 6.45) is 0. The third-order valence-corrected chi connectivity index (χ3v) is 3.35. The summed E-state index contributed by atoms with van der Waals surface area (Å²) in [6.45, 7) is 3.60. The summed E-state index contributed by atoms with van der Waals surface area (Å²) in [5.74, 6) is 0.672. The van der Waals surface area contributed by atoms with Gasteiger partial charge in [0.2, 0.25) is 0 Å². The van der Waals surface area contributed by atoms with Crippen LogP contribution in [0.2, 0.25) is 0 Å². The summed E-state index contributed by atoms with van der Waals surface area (Å²) in [6, 6.07) is 7.25. The minimum absolute atomic E-state index is 0.178. The van der Waals surface area contributed by atoms with Crippen molar-refractivity contribution in [1.29, 1.82) is 5.26 Å². The molecule has 0 amide bonds. The Balaban J connectivity index is 2.47. The molecule has 1 heterocycles. The lowest BCUT2D eigenvalue weighted by Crippen LogP contribution is -2.01. The standard InChI is InChI=1S/C13H11BrN4O/c1-7-8(2)17-18-13(10(7)6-15)19-12-5-9(16)3-4-11(12)14/h3-5H,16H2,1-2H3. The summed E-state index contributed by atoms with van der Waals surface area (Å²) in [5.41, 5.74) is 8.11. The molecule has 0 atom stereocenters. The molecule has 0 fully saturated rings. The highest BCUT2D eigenvalue weighted by Crippen LogP contribution is 2.32. The number of nitriles is 1. The van der Waals surface area contributed by atoms with Gasteiger partial charge in [-0.3, -0.25) is 0 Å². The second kappa shape index (κ2) is 5.24. The van der Waals surface area contributed by atoms with Gasteiger partial charge < -0.3 is 10.5 Å². The van der Waals surface area contributed by atoms with Crippen LogP contribution in [0, 0.1) is 25.2 Å². The summed E-state index contributed by atoms with van der Waals surface area (Å²) in [7, 11) is 0. The van der Waals surface area contributed by atoms with Crippen LogP contribution in [-0.4, -0.2) is 10.2 Å². The molecule has 6 heteroatoms. The van der Waals surface area contributed by atoms with Crippen molar-refractivity contribution in [2.75, 3.05) is 5.73 Å². The topological polar surface area (TPSA) is 84.8 Å². The number of hydrogen-bond acceptors (Lipinski definition) is 5. The van der Waals surface area contributed by atoms with Crippen LogP contribution in [0.25, 0.3) is 0 Å². The van der Waals surface area contributed by atoms with E-state index in [1.54, 1.807) is 25.1 Å². The molecule has 0 spiro atoms. The minimum Gasteiger partial charge on any atom is -0.435 e. The van der Waals surface area contributed by atoms with Crippen molar-refractivity contribution in [3.8, 4) is 17.7 Å². The van der Waals surface area contributed by atoms with Crippen molar-refractivity contribution in [2.24, 2.45) is 0 Å². The summed E-state index contributed by atoms with van der Waals surface area (Å²) in [5, 5.41) is 17.1. The summed E-state index contributed by atoms with van der Waals surface area (Å²) in [4.78, 5) is 0. The quantitative estimate of drug-likeness (QED) is 0.860. The maximum atomic E-state index is 9.19. The molecule has 2 N–H and O–H groups in total. The van der Waals surface area contributed by atoms with Crippen molar-refractivity contribution in [3.63, 3.8) is 0 Å². The summed E-state index contributed by atoms with van der Waals surface area (Å²) >= 11 is 3.36. The highest BCUT2D eigenvalue weighted by Gasteiger charge is 2.14. The first-order valence-corrected chi connectivity index (χ1v) is 6.29. The number of nitrogens with zero attached hydrogens (tertiary/aromatic N) is 3. The molecule has 0 saturated heterocycles. The van der Waals surface area contributed by atoms with Crippen molar-refractivity contribution >= 4 is 21.6 Å². The molecule has 1 aromatic carbocycles. The van der Waals surface area contributed by atoms with Gasteiger partial charge in [-0.05, 0) is 47.5 Å². The second-order valence-corrected chi connectivity index (χ2v) is 4.85. The maximum absolute atomic E-state index is 9.19. The maximum Gasteiger partial charge on any atom is 0.257 e. The number of anilines is 1. The van der Waals surface area contributed by atoms with Crippen LogP contribution in [0.4, 0.5) is 5.69 Å². The molecule has 0 aliphatic carbocycles. The number of hydrogen-bond donors (Lipinski definition) is 1. The average Bonchev–Trinajstić information content (AvgIpc) is 2.38. The molecule has 2 rings (SSSR count). The molecule has 96 valence electrons. The molecule has 0 unspecified atom stereocenters. The van der Waals surface area contributed by atoms with Crippen molar-refractivity contribution in [1.82, 2.24) is 10.2 Å². The third kappa shape index (κ3) is 2.66. The molecular weight excluding hydrogens is 308 g/mol. The zero-order valence-corrected chi connectivity index (χ0v) is 12.0. The fourth-order valence-corrected chi connectivity index (χ4v) is 1.82. The molecule has 2 aromatic rings. The predicted molar refractivity (Wildman–Crippen MR) is 74.8 cm³/mol. The van der Waals surface area contributed by atoms with Gasteiger partial charge in [0.15, 0.2) is 0 Å². The lowest BCUT2D eigenvalue weighted by molar-refractivity contribution is 0.449. The fraction of sp³-hybridized carbons (Fsp3) is 0.154. The molecule has 0 bridgehead atoms. The zero-order chi connectivity index (χ0) is 14.0. The Morgan fingerprint density at radius 3 is 2.74 bits per heavy atom. The predicted octanol–water partition coefficient (Wildman–Crippen LogP) is 3.10. The van der Waals surface area contributed by atoms with Crippen LogP contribution in [-0.2, 0) is 0 Å². The lowest BCUT2D eigenvalue weighted by Gasteiger charge is -2.10. The van der Waals surface area contributed by atoms with Gasteiger partial charge >= 0.3 is 0 Å². The fourth-order valence-electron chi connectivity index (χ4n) is 1.49. The number of nitrogens with two attached hydrogens (primary N) is 1. The van der Waals surface area contributed by atoms with E-state index in [-0.39, 0.29) is 5.88 Å². The zero-order valence-electron chi connectivity index (χ0n) is 10.4. The number of aryl methyl sites for hydroxylation is 1. The molecule has 5 nitrogen and oxygen atoms in total. The first kappa shape index (κ1) is 13.3. The molecule has 0 radical (unpaired) electrons. The van der Waals surface area contributed by atoms with Crippen LogP contribution < -0.4 is 10.5 Å². The van der Waals surface area contributed by atoms with E-state index in [4.69, 9.17) is 10.5 Å². The molecule has 0 aliphatic rings. The number of halogens is 1. The van der Waals surface area contributed by atoms with Crippen molar-refractivity contribution < 1.29 is 4.74 Å².